The van der Waals surface area contributed by atoms with Gasteiger partial charge in [0, 0.05) is 17.3 Å². The molecule has 0 aliphatic rings. The predicted octanol–water partition coefficient (Wildman–Crippen LogP) is 2.03. The van der Waals surface area contributed by atoms with Gasteiger partial charge in [-0.1, -0.05) is 0 Å². The average molecular weight is 228 g/mol. The number of pyridine rings is 1. The molecule has 17 heavy (non-hydrogen) atoms. The number of carbonyl (C=O) groups excluding carboxylic acids is 1. The molecule has 84 valence electrons. The largest absolute Gasteiger partial charge is 0.287 e. The zero-order valence-electron chi connectivity index (χ0n) is 8.98. The summed E-state index contributed by atoms with van der Waals surface area (Å²) in [6, 6.07) is 3.57. The van der Waals surface area contributed by atoms with Crippen molar-refractivity contribution in [3.05, 3.63) is 52.4 Å². The second kappa shape index (κ2) is 4.46. The van der Waals surface area contributed by atoms with Crippen LogP contribution >= 0.6 is 0 Å². The normalized spacial score (nSPS) is 9.71. The number of rotatable bonds is 2. The van der Waals surface area contributed by atoms with E-state index in [1.807, 2.05) is 0 Å². The lowest BCUT2D eigenvalue weighted by atomic mass is 10.2. The molecule has 1 amide bonds. The van der Waals surface area contributed by atoms with Crippen LogP contribution in [-0.4, -0.2) is 20.7 Å². The summed E-state index contributed by atoms with van der Waals surface area (Å²) in [5.74, 6) is -0.639. The Kier molecular flexibility index (Phi) is 2.85. The fraction of sp³-hybridized carbons (Fsp3) is 0.100. The average Bonchev–Trinajstić information content (AvgIpc) is 2.73. The number of aryl methyl sites for hydroxylation is 1. The van der Waals surface area contributed by atoms with Gasteiger partial charge in [0.05, 0.1) is 23.1 Å². The van der Waals surface area contributed by atoms with Crippen LogP contribution in [0.4, 0.5) is 0 Å². The molecule has 0 spiro atoms. The Bertz CT molecular complexity index is 597. The molecule has 2 aromatic rings. The maximum Gasteiger partial charge on any atom is 0.252 e. The zero-order chi connectivity index (χ0) is 12.3. The minimum atomic E-state index is -0.639. The molecule has 0 aliphatic heterocycles. The van der Waals surface area contributed by atoms with E-state index in [1.165, 1.54) is 10.9 Å². The van der Waals surface area contributed by atoms with Gasteiger partial charge in [0.15, 0.2) is 0 Å². The molecule has 7 heteroatoms. The zero-order valence-corrected chi connectivity index (χ0v) is 8.98. The lowest BCUT2D eigenvalue weighted by molar-refractivity contribution is 0.1000. The van der Waals surface area contributed by atoms with Crippen molar-refractivity contribution in [3.63, 3.8) is 0 Å². The molecular weight excluding hydrogens is 220 g/mol. The quantitative estimate of drug-likeness (QED) is 0.446. The molecule has 0 N–H and O–H groups in total. The molecule has 7 nitrogen and oxygen atoms in total. The first kappa shape index (κ1) is 10.8. The summed E-state index contributed by atoms with van der Waals surface area (Å²) in [6.45, 7) is 1.67. The van der Waals surface area contributed by atoms with Crippen molar-refractivity contribution in [2.75, 3.05) is 0 Å². The van der Waals surface area contributed by atoms with Crippen LogP contribution in [0.15, 0.2) is 35.8 Å². The van der Waals surface area contributed by atoms with E-state index < -0.39 is 5.91 Å². The Morgan fingerprint density at radius 2 is 2.41 bits per heavy atom. The number of aromatic nitrogens is 3. The van der Waals surface area contributed by atoms with Crippen molar-refractivity contribution in [2.24, 2.45) is 5.11 Å². The van der Waals surface area contributed by atoms with Gasteiger partial charge < -0.3 is 0 Å². The SMILES string of the molecule is Cc1nn(-c2cccnc2)cc1C(=O)N=[N+]=[N-]. The summed E-state index contributed by atoms with van der Waals surface area (Å²) in [7, 11) is 0. The van der Waals surface area contributed by atoms with Gasteiger partial charge in [0.1, 0.15) is 0 Å². The van der Waals surface area contributed by atoms with Crippen LogP contribution in [0.2, 0.25) is 0 Å². The molecule has 0 atom stereocenters. The molecule has 0 aromatic carbocycles. The molecule has 2 rings (SSSR count). The lowest BCUT2D eigenvalue weighted by Crippen LogP contribution is -1.94. The molecule has 0 saturated heterocycles. The summed E-state index contributed by atoms with van der Waals surface area (Å²) >= 11 is 0. The van der Waals surface area contributed by atoms with Crippen LogP contribution in [0.25, 0.3) is 16.1 Å². The summed E-state index contributed by atoms with van der Waals surface area (Å²) in [5.41, 5.74) is 9.73. The van der Waals surface area contributed by atoms with Crippen LogP contribution in [0, 0.1) is 6.92 Å². The van der Waals surface area contributed by atoms with E-state index in [-0.39, 0.29) is 5.56 Å². The minimum Gasteiger partial charge on any atom is -0.287 e. The monoisotopic (exact) mass is 228 g/mol. The summed E-state index contributed by atoms with van der Waals surface area (Å²) in [5, 5.41) is 7.19. The first-order chi connectivity index (χ1) is 8.22. The molecule has 2 heterocycles. The number of hydrogen-bond acceptors (Lipinski definition) is 3. The van der Waals surface area contributed by atoms with E-state index in [2.05, 4.69) is 20.1 Å². The van der Waals surface area contributed by atoms with Crippen LogP contribution in [-0.2, 0) is 0 Å². The highest BCUT2D eigenvalue weighted by molar-refractivity contribution is 5.95. The van der Waals surface area contributed by atoms with Gasteiger partial charge in [-0.2, -0.15) is 5.10 Å². The van der Waals surface area contributed by atoms with E-state index in [4.69, 9.17) is 5.53 Å². The van der Waals surface area contributed by atoms with Gasteiger partial charge in [-0.05, 0) is 29.7 Å². The molecule has 0 bridgehead atoms. The Hall–Kier alpha value is -2.66. The second-order valence-electron chi connectivity index (χ2n) is 3.28. The Morgan fingerprint density at radius 3 is 3.06 bits per heavy atom. The molecule has 0 fully saturated rings. The van der Waals surface area contributed by atoms with Gasteiger partial charge >= 0.3 is 0 Å². The first-order valence-corrected chi connectivity index (χ1v) is 4.78. The number of carbonyl (C=O) groups is 1. The number of azide groups is 1. The maximum atomic E-state index is 11.4. The third kappa shape index (κ3) is 2.14. The van der Waals surface area contributed by atoms with Crippen molar-refractivity contribution < 1.29 is 4.79 Å². The molecular formula is C10H8N6O. The maximum absolute atomic E-state index is 11.4. The Labute approximate surface area is 96.3 Å². The smallest absolute Gasteiger partial charge is 0.252 e. The standard InChI is InChI=1S/C10H8N6O/c1-7-9(10(17)13-15-11)6-16(14-7)8-3-2-4-12-5-8/h2-6H,1H3. The van der Waals surface area contributed by atoms with E-state index in [0.717, 1.165) is 5.69 Å². The molecule has 0 unspecified atom stereocenters. The number of hydrogen-bond donors (Lipinski definition) is 0. The van der Waals surface area contributed by atoms with E-state index in [0.29, 0.717) is 5.69 Å². The van der Waals surface area contributed by atoms with Crippen LogP contribution < -0.4 is 0 Å². The lowest BCUT2D eigenvalue weighted by Gasteiger charge is -1.97. The highest BCUT2D eigenvalue weighted by Crippen LogP contribution is 2.11. The van der Waals surface area contributed by atoms with E-state index in [9.17, 15) is 4.79 Å². The first-order valence-electron chi connectivity index (χ1n) is 4.78. The third-order valence-corrected chi connectivity index (χ3v) is 2.18. The highest BCUT2D eigenvalue weighted by atomic mass is 16.1. The van der Waals surface area contributed by atoms with Gasteiger partial charge in [-0.15, -0.1) is 0 Å². The van der Waals surface area contributed by atoms with Gasteiger partial charge in [-0.3, -0.25) is 9.78 Å². The summed E-state index contributed by atoms with van der Waals surface area (Å²) in [6.07, 6.45) is 4.78. The minimum absolute atomic E-state index is 0.284. The number of nitrogens with zero attached hydrogens (tertiary/aromatic N) is 6. The number of amides is 1. The van der Waals surface area contributed by atoms with Crippen molar-refractivity contribution >= 4 is 5.91 Å². The Morgan fingerprint density at radius 1 is 1.59 bits per heavy atom. The van der Waals surface area contributed by atoms with Crippen molar-refractivity contribution in [3.8, 4) is 5.69 Å². The molecule has 0 aliphatic carbocycles. The molecule has 0 saturated carbocycles. The summed E-state index contributed by atoms with van der Waals surface area (Å²) < 4.78 is 1.52. The van der Waals surface area contributed by atoms with Crippen LogP contribution in [0.5, 0.6) is 0 Å². The summed E-state index contributed by atoms with van der Waals surface area (Å²) in [4.78, 5) is 17.8. The van der Waals surface area contributed by atoms with Gasteiger partial charge in [0.25, 0.3) is 5.91 Å². The van der Waals surface area contributed by atoms with Crippen LogP contribution in [0.1, 0.15) is 16.1 Å². The van der Waals surface area contributed by atoms with E-state index >= 15 is 0 Å². The molecule has 0 radical (unpaired) electrons. The second-order valence-corrected chi connectivity index (χ2v) is 3.28. The predicted molar refractivity (Wildman–Crippen MR) is 59.6 cm³/mol. The van der Waals surface area contributed by atoms with E-state index in [1.54, 1.807) is 31.5 Å². The Balaban J connectivity index is 2.44. The molecule has 2 aromatic heterocycles. The topological polar surface area (TPSA) is 96.5 Å². The fourth-order valence-corrected chi connectivity index (χ4v) is 1.39. The van der Waals surface area contributed by atoms with Gasteiger partial charge in [0.2, 0.25) is 0 Å². The van der Waals surface area contributed by atoms with Gasteiger partial charge in [-0.25, -0.2) is 4.68 Å². The van der Waals surface area contributed by atoms with Crippen molar-refractivity contribution in [1.29, 1.82) is 0 Å². The highest BCUT2D eigenvalue weighted by Gasteiger charge is 2.12. The van der Waals surface area contributed by atoms with Crippen molar-refractivity contribution in [1.82, 2.24) is 14.8 Å². The third-order valence-electron chi connectivity index (χ3n) is 2.18. The van der Waals surface area contributed by atoms with Crippen LogP contribution in [0.3, 0.4) is 0 Å². The van der Waals surface area contributed by atoms with Crippen molar-refractivity contribution in [2.45, 2.75) is 6.92 Å². The fourth-order valence-electron chi connectivity index (χ4n) is 1.39.